The van der Waals surface area contributed by atoms with Crippen LogP contribution in [0.1, 0.15) is 18.9 Å². The summed E-state index contributed by atoms with van der Waals surface area (Å²) in [5.74, 6) is 0.247. The van der Waals surface area contributed by atoms with Crippen molar-refractivity contribution in [1.82, 2.24) is 5.32 Å². The maximum Gasteiger partial charge on any atom is 0.241 e. The summed E-state index contributed by atoms with van der Waals surface area (Å²) in [7, 11) is 0. The van der Waals surface area contributed by atoms with Gasteiger partial charge in [0.25, 0.3) is 0 Å². The molecule has 94 valence electrons. The van der Waals surface area contributed by atoms with E-state index in [4.69, 9.17) is 5.26 Å². The molecule has 0 radical (unpaired) electrons. The van der Waals surface area contributed by atoms with E-state index in [1.807, 2.05) is 0 Å². The average Bonchev–Trinajstić information content (AvgIpc) is 2.76. The van der Waals surface area contributed by atoms with Crippen molar-refractivity contribution in [3.63, 3.8) is 0 Å². The molecule has 2 rings (SSSR count). The first-order valence-electron chi connectivity index (χ1n) is 5.85. The van der Waals surface area contributed by atoms with Crippen LogP contribution in [-0.4, -0.2) is 18.5 Å². The first kappa shape index (κ1) is 13.1. The standard InChI is InChI=1S/C13H14BrN3O/c1-8-4-5-16-12(8)13(18)17-11-6-10(14)3-2-9(11)7-15/h2-3,6,8,12,16H,4-5H2,1H3,(H,17,18). The molecule has 2 atom stereocenters. The number of nitrogens with one attached hydrogen (secondary N) is 2. The number of hydrogen-bond acceptors (Lipinski definition) is 3. The Hall–Kier alpha value is -1.38. The molecule has 0 bridgehead atoms. The van der Waals surface area contributed by atoms with E-state index in [1.165, 1.54) is 0 Å². The van der Waals surface area contributed by atoms with Crippen LogP contribution in [0.3, 0.4) is 0 Å². The fourth-order valence-electron chi connectivity index (χ4n) is 2.11. The minimum absolute atomic E-state index is 0.0744. The molecule has 1 saturated heterocycles. The molecular weight excluding hydrogens is 294 g/mol. The van der Waals surface area contributed by atoms with Crippen molar-refractivity contribution in [2.45, 2.75) is 19.4 Å². The average molecular weight is 308 g/mol. The normalized spacial score (nSPS) is 22.5. The molecule has 0 spiro atoms. The van der Waals surface area contributed by atoms with Crippen molar-refractivity contribution in [2.24, 2.45) is 5.92 Å². The minimum atomic E-state index is -0.171. The largest absolute Gasteiger partial charge is 0.323 e. The second-order valence-electron chi connectivity index (χ2n) is 4.49. The quantitative estimate of drug-likeness (QED) is 0.881. The monoisotopic (exact) mass is 307 g/mol. The van der Waals surface area contributed by atoms with E-state index in [-0.39, 0.29) is 11.9 Å². The highest BCUT2D eigenvalue weighted by Crippen LogP contribution is 2.22. The Bertz CT molecular complexity index is 509. The lowest BCUT2D eigenvalue weighted by Gasteiger charge is -2.16. The van der Waals surface area contributed by atoms with Gasteiger partial charge in [-0.2, -0.15) is 5.26 Å². The van der Waals surface area contributed by atoms with Gasteiger partial charge in [0.2, 0.25) is 5.91 Å². The van der Waals surface area contributed by atoms with Gasteiger partial charge in [0.1, 0.15) is 6.07 Å². The highest BCUT2D eigenvalue weighted by molar-refractivity contribution is 9.10. The van der Waals surface area contributed by atoms with Crippen molar-refractivity contribution in [2.75, 3.05) is 11.9 Å². The summed E-state index contributed by atoms with van der Waals surface area (Å²) in [6.07, 6.45) is 1.00. The van der Waals surface area contributed by atoms with E-state index in [1.54, 1.807) is 18.2 Å². The zero-order valence-electron chi connectivity index (χ0n) is 10.0. The van der Waals surface area contributed by atoms with Gasteiger partial charge in [-0.3, -0.25) is 4.79 Å². The van der Waals surface area contributed by atoms with Gasteiger partial charge >= 0.3 is 0 Å². The van der Waals surface area contributed by atoms with Crippen molar-refractivity contribution in [1.29, 1.82) is 5.26 Å². The fraction of sp³-hybridized carbons (Fsp3) is 0.385. The highest BCUT2D eigenvalue weighted by atomic mass is 79.9. The van der Waals surface area contributed by atoms with Gasteiger partial charge in [-0.1, -0.05) is 22.9 Å². The Morgan fingerprint density at radius 2 is 2.39 bits per heavy atom. The molecule has 4 nitrogen and oxygen atoms in total. The van der Waals surface area contributed by atoms with E-state index in [0.29, 0.717) is 17.2 Å². The zero-order valence-corrected chi connectivity index (χ0v) is 11.6. The molecule has 1 heterocycles. The van der Waals surface area contributed by atoms with Crippen molar-refractivity contribution >= 4 is 27.5 Å². The first-order chi connectivity index (χ1) is 8.61. The molecule has 1 aromatic carbocycles. The Morgan fingerprint density at radius 1 is 1.61 bits per heavy atom. The zero-order chi connectivity index (χ0) is 13.1. The lowest BCUT2D eigenvalue weighted by Crippen LogP contribution is -2.39. The molecule has 1 fully saturated rings. The molecule has 0 aliphatic carbocycles. The number of hydrogen-bond donors (Lipinski definition) is 2. The minimum Gasteiger partial charge on any atom is -0.323 e. The number of nitriles is 1. The van der Waals surface area contributed by atoms with Gasteiger partial charge in [-0.05, 0) is 37.1 Å². The Kier molecular flexibility index (Phi) is 4.00. The number of carbonyl (C=O) groups is 1. The smallest absolute Gasteiger partial charge is 0.241 e. The molecule has 2 unspecified atom stereocenters. The van der Waals surface area contributed by atoms with Crippen LogP contribution < -0.4 is 10.6 Å². The van der Waals surface area contributed by atoms with Gasteiger partial charge in [0.15, 0.2) is 0 Å². The maximum absolute atomic E-state index is 12.1. The molecule has 5 heteroatoms. The van der Waals surface area contributed by atoms with Crippen molar-refractivity contribution < 1.29 is 4.79 Å². The number of rotatable bonds is 2. The second kappa shape index (κ2) is 5.51. The Morgan fingerprint density at radius 3 is 3.00 bits per heavy atom. The van der Waals surface area contributed by atoms with E-state index < -0.39 is 0 Å². The van der Waals surface area contributed by atoms with Crippen molar-refractivity contribution in [3.8, 4) is 6.07 Å². The second-order valence-corrected chi connectivity index (χ2v) is 5.40. The van der Waals surface area contributed by atoms with Gasteiger partial charge in [0.05, 0.1) is 17.3 Å². The number of benzene rings is 1. The summed E-state index contributed by atoms with van der Waals surface area (Å²) in [5.41, 5.74) is 1.02. The van der Waals surface area contributed by atoms with Crippen LogP contribution in [0, 0.1) is 17.2 Å². The SMILES string of the molecule is CC1CCNC1C(=O)Nc1cc(Br)ccc1C#N. The molecule has 1 aliphatic heterocycles. The summed E-state index contributed by atoms with van der Waals surface area (Å²) >= 11 is 3.33. The highest BCUT2D eigenvalue weighted by Gasteiger charge is 2.29. The number of carbonyl (C=O) groups excluding carboxylic acids is 1. The third-order valence-corrected chi connectivity index (χ3v) is 3.67. The predicted molar refractivity (Wildman–Crippen MR) is 73.1 cm³/mol. The number of amides is 1. The van der Waals surface area contributed by atoms with Crippen LogP contribution in [0.15, 0.2) is 22.7 Å². The van der Waals surface area contributed by atoms with Crippen LogP contribution in [0.25, 0.3) is 0 Å². The summed E-state index contributed by atoms with van der Waals surface area (Å²) in [4.78, 5) is 12.1. The molecular formula is C13H14BrN3O. The van der Waals surface area contributed by atoms with Gasteiger partial charge in [-0.25, -0.2) is 0 Å². The van der Waals surface area contributed by atoms with E-state index >= 15 is 0 Å². The summed E-state index contributed by atoms with van der Waals surface area (Å²) in [6.45, 7) is 2.92. The fourth-order valence-corrected chi connectivity index (χ4v) is 2.47. The molecule has 0 saturated carbocycles. The lowest BCUT2D eigenvalue weighted by atomic mass is 10.0. The predicted octanol–water partition coefficient (Wildman–Crippen LogP) is 2.26. The third-order valence-electron chi connectivity index (χ3n) is 3.18. The maximum atomic E-state index is 12.1. The van der Waals surface area contributed by atoms with Crippen LogP contribution in [0.2, 0.25) is 0 Å². The number of halogens is 1. The molecule has 1 aromatic rings. The Balaban J connectivity index is 2.16. The topological polar surface area (TPSA) is 64.9 Å². The van der Waals surface area contributed by atoms with E-state index in [9.17, 15) is 4.79 Å². The number of anilines is 1. The van der Waals surface area contributed by atoms with Gasteiger partial charge in [-0.15, -0.1) is 0 Å². The van der Waals surface area contributed by atoms with Crippen LogP contribution in [-0.2, 0) is 4.79 Å². The van der Waals surface area contributed by atoms with Crippen LogP contribution >= 0.6 is 15.9 Å². The molecule has 2 N–H and O–H groups in total. The van der Waals surface area contributed by atoms with Gasteiger partial charge < -0.3 is 10.6 Å². The van der Waals surface area contributed by atoms with Crippen LogP contribution in [0.5, 0.6) is 0 Å². The summed E-state index contributed by atoms with van der Waals surface area (Å²) in [6, 6.07) is 7.12. The van der Waals surface area contributed by atoms with Crippen molar-refractivity contribution in [3.05, 3.63) is 28.2 Å². The summed E-state index contributed by atoms with van der Waals surface area (Å²) in [5, 5.41) is 15.0. The summed E-state index contributed by atoms with van der Waals surface area (Å²) < 4.78 is 0.837. The molecule has 0 aromatic heterocycles. The number of nitrogens with zero attached hydrogens (tertiary/aromatic N) is 1. The Labute approximate surface area is 115 Å². The van der Waals surface area contributed by atoms with E-state index in [2.05, 4.69) is 39.6 Å². The van der Waals surface area contributed by atoms with Crippen LogP contribution in [0.4, 0.5) is 5.69 Å². The first-order valence-corrected chi connectivity index (χ1v) is 6.65. The third kappa shape index (κ3) is 2.71. The van der Waals surface area contributed by atoms with Gasteiger partial charge in [0, 0.05) is 4.47 Å². The molecule has 1 aliphatic rings. The molecule has 18 heavy (non-hydrogen) atoms. The molecule has 1 amide bonds. The lowest BCUT2D eigenvalue weighted by molar-refractivity contribution is -0.118. The van der Waals surface area contributed by atoms with E-state index in [0.717, 1.165) is 17.4 Å².